The quantitative estimate of drug-likeness (QED) is 0.677. The summed E-state index contributed by atoms with van der Waals surface area (Å²) in [5, 5.41) is 13.3. The Balaban J connectivity index is 2.08. The summed E-state index contributed by atoms with van der Waals surface area (Å²) < 4.78 is 5.88. The SMILES string of the molecule is CCC(CC)CNCC(O)COC1CCCCC1C. The van der Waals surface area contributed by atoms with Crippen LogP contribution in [0.1, 0.15) is 59.3 Å². The minimum absolute atomic E-state index is 0.363. The number of aliphatic hydroxyl groups is 1. The number of hydrogen-bond acceptors (Lipinski definition) is 3. The minimum Gasteiger partial charge on any atom is -0.389 e. The molecule has 0 radical (unpaired) electrons. The lowest BCUT2D eigenvalue weighted by molar-refractivity contribution is -0.0452. The molecule has 0 spiro atoms. The van der Waals surface area contributed by atoms with Gasteiger partial charge in [-0.15, -0.1) is 0 Å². The highest BCUT2D eigenvalue weighted by Gasteiger charge is 2.22. The van der Waals surface area contributed by atoms with Crippen molar-refractivity contribution < 1.29 is 9.84 Å². The largest absolute Gasteiger partial charge is 0.389 e. The van der Waals surface area contributed by atoms with Crippen LogP contribution in [0.15, 0.2) is 0 Å². The Bertz CT molecular complexity index is 219. The highest BCUT2D eigenvalue weighted by atomic mass is 16.5. The van der Waals surface area contributed by atoms with Gasteiger partial charge in [-0.2, -0.15) is 0 Å². The zero-order valence-electron chi connectivity index (χ0n) is 13.0. The molecule has 114 valence electrons. The van der Waals surface area contributed by atoms with Crippen LogP contribution in [0.5, 0.6) is 0 Å². The third-order valence-electron chi connectivity index (χ3n) is 4.50. The monoisotopic (exact) mass is 271 g/mol. The highest BCUT2D eigenvalue weighted by Crippen LogP contribution is 2.26. The molecule has 19 heavy (non-hydrogen) atoms. The van der Waals surface area contributed by atoms with Crippen molar-refractivity contribution >= 4 is 0 Å². The van der Waals surface area contributed by atoms with E-state index in [9.17, 15) is 5.11 Å². The normalized spacial score (nSPS) is 25.7. The Morgan fingerprint density at radius 1 is 1.16 bits per heavy atom. The summed E-state index contributed by atoms with van der Waals surface area (Å²) in [6.45, 7) is 8.84. The molecule has 0 aromatic heterocycles. The van der Waals surface area contributed by atoms with Crippen LogP contribution in [0, 0.1) is 11.8 Å². The van der Waals surface area contributed by atoms with Crippen LogP contribution >= 0.6 is 0 Å². The van der Waals surface area contributed by atoms with Gasteiger partial charge in [0.15, 0.2) is 0 Å². The van der Waals surface area contributed by atoms with Crippen LogP contribution in [0.4, 0.5) is 0 Å². The lowest BCUT2D eigenvalue weighted by Crippen LogP contribution is -2.36. The Labute approximate surface area is 119 Å². The van der Waals surface area contributed by atoms with E-state index >= 15 is 0 Å². The number of ether oxygens (including phenoxy) is 1. The first kappa shape index (κ1) is 16.9. The summed E-state index contributed by atoms with van der Waals surface area (Å²) >= 11 is 0. The predicted octanol–water partition coefficient (Wildman–Crippen LogP) is 2.97. The predicted molar refractivity (Wildman–Crippen MR) is 80.3 cm³/mol. The van der Waals surface area contributed by atoms with E-state index in [1.807, 2.05) is 0 Å². The van der Waals surface area contributed by atoms with Crippen LogP contribution in [-0.4, -0.2) is 37.0 Å². The van der Waals surface area contributed by atoms with Gasteiger partial charge in [0.25, 0.3) is 0 Å². The van der Waals surface area contributed by atoms with Crippen LogP contribution in [0.2, 0.25) is 0 Å². The summed E-state index contributed by atoms with van der Waals surface area (Å²) in [4.78, 5) is 0. The third-order valence-corrected chi connectivity index (χ3v) is 4.50. The van der Waals surface area contributed by atoms with Gasteiger partial charge in [-0.05, 0) is 31.2 Å². The molecule has 0 bridgehead atoms. The van der Waals surface area contributed by atoms with Gasteiger partial charge in [-0.25, -0.2) is 0 Å². The second-order valence-electron chi connectivity index (χ2n) is 6.13. The van der Waals surface area contributed by atoms with Gasteiger partial charge in [0.05, 0.1) is 18.8 Å². The molecule has 0 aromatic carbocycles. The maximum absolute atomic E-state index is 9.94. The molecule has 1 fully saturated rings. The fraction of sp³-hybridized carbons (Fsp3) is 1.00. The van der Waals surface area contributed by atoms with E-state index in [0.717, 1.165) is 18.9 Å². The summed E-state index contributed by atoms with van der Waals surface area (Å²) in [6, 6.07) is 0. The van der Waals surface area contributed by atoms with Crippen molar-refractivity contribution in [1.29, 1.82) is 0 Å². The van der Waals surface area contributed by atoms with E-state index in [0.29, 0.717) is 25.2 Å². The molecule has 0 amide bonds. The van der Waals surface area contributed by atoms with Gasteiger partial charge in [0.1, 0.15) is 0 Å². The van der Waals surface area contributed by atoms with E-state index in [-0.39, 0.29) is 6.10 Å². The van der Waals surface area contributed by atoms with Gasteiger partial charge in [-0.1, -0.05) is 46.5 Å². The van der Waals surface area contributed by atoms with Crippen molar-refractivity contribution in [2.45, 2.75) is 71.5 Å². The Morgan fingerprint density at radius 2 is 1.84 bits per heavy atom. The summed E-state index contributed by atoms with van der Waals surface area (Å²) in [7, 11) is 0. The Morgan fingerprint density at radius 3 is 2.47 bits per heavy atom. The summed E-state index contributed by atoms with van der Waals surface area (Å²) in [6.07, 6.45) is 7.44. The van der Waals surface area contributed by atoms with Crippen LogP contribution < -0.4 is 5.32 Å². The van der Waals surface area contributed by atoms with Crippen molar-refractivity contribution in [2.75, 3.05) is 19.7 Å². The molecule has 3 heteroatoms. The van der Waals surface area contributed by atoms with Crippen molar-refractivity contribution in [3.05, 3.63) is 0 Å². The fourth-order valence-corrected chi connectivity index (χ4v) is 2.85. The van der Waals surface area contributed by atoms with Gasteiger partial charge >= 0.3 is 0 Å². The highest BCUT2D eigenvalue weighted by molar-refractivity contribution is 4.73. The molecular formula is C16H33NO2. The zero-order valence-corrected chi connectivity index (χ0v) is 13.0. The summed E-state index contributed by atoms with van der Waals surface area (Å²) in [5.41, 5.74) is 0. The van der Waals surface area contributed by atoms with Crippen LogP contribution in [-0.2, 0) is 4.74 Å². The van der Waals surface area contributed by atoms with Crippen LogP contribution in [0.3, 0.4) is 0 Å². The molecule has 0 aromatic rings. The van der Waals surface area contributed by atoms with Gasteiger partial charge < -0.3 is 15.2 Å². The Hall–Kier alpha value is -0.120. The van der Waals surface area contributed by atoms with E-state index in [1.165, 1.54) is 32.1 Å². The molecule has 0 saturated heterocycles. The van der Waals surface area contributed by atoms with Gasteiger partial charge in [-0.3, -0.25) is 0 Å². The standard InChI is InChI=1S/C16H33NO2/c1-4-14(5-2)10-17-11-15(18)12-19-16-9-7-6-8-13(16)3/h13-18H,4-12H2,1-3H3. The molecule has 1 aliphatic carbocycles. The number of hydrogen-bond donors (Lipinski definition) is 2. The van der Waals surface area contributed by atoms with Crippen molar-refractivity contribution in [3.63, 3.8) is 0 Å². The number of aliphatic hydroxyl groups excluding tert-OH is 1. The molecular weight excluding hydrogens is 238 g/mol. The molecule has 3 unspecified atom stereocenters. The Kier molecular flexibility index (Phi) is 8.67. The molecule has 1 aliphatic rings. The topological polar surface area (TPSA) is 41.5 Å². The average Bonchev–Trinajstić information content (AvgIpc) is 2.43. The third kappa shape index (κ3) is 6.73. The van der Waals surface area contributed by atoms with Crippen molar-refractivity contribution in [3.8, 4) is 0 Å². The lowest BCUT2D eigenvalue weighted by atomic mass is 9.88. The smallest absolute Gasteiger partial charge is 0.0897 e. The average molecular weight is 271 g/mol. The molecule has 3 atom stereocenters. The first-order chi connectivity index (χ1) is 9.17. The molecule has 2 N–H and O–H groups in total. The van der Waals surface area contributed by atoms with E-state index in [1.54, 1.807) is 0 Å². The van der Waals surface area contributed by atoms with Crippen molar-refractivity contribution in [1.82, 2.24) is 5.32 Å². The second-order valence-corrected chi connectivity index (χ2v) is 6.13. The molecule has 3 nitrogen and oxygen atoms in total. The molecule has 1 saturated carbocycles. The van der Waals surface area contributed by atoms with Crippen LogP contribution in [0.25, 0.3) is 0 Å². The molecule has 0 aliphatic heterocycles. The van der Waals surface area contributed by atoms with Gasteiger partial charge in [0, 0.05) is 6.54 Å². The zero-order chi connectivity index (χ0) is 14.1. The lowest BCUT2D eigenvalue weighted by Gasteiger charge is -2.29. The fourth-order valence-electron chi connectivity index (χ4n) is 2.85. The maximum atomic E-state index is 9.94. The number of nitrogens with one attached hydrogen (secondary N) is 1. The first-order valence-electron chi connectivity index (χ1n) is 8.17. The minimum atomic E-state index is -0.372. The first-order valence-corrected chi connectivity index (χ1v) is 8.17. The van der Waals surface area contributed by atoms with E-state index < -0.39 is 0 Å². The maximum Gasteiger partial charge on any atom is 0.0897 e. The molecule has 0 heterocycles. The number of rotatable bonds is 9. The summed E-state index contributed by atoms with van der Waals surface area (Å²) in [5.74, 6) is 1.38. The molecule has 1 rings (SSSR count). The van der Waals surface area contributed by atoms with E-state index in [2.05, 4.69) is 26.1 Å². The van der Waals surface area contributed by atoms with Gasteiger partial charge in [0.2, 0.25) is 0 Å². The van der Waals surface area contributed by atoms with E-state index in [4.69, 9.17) is 4.74 Å². The van der Waals surface area contributed by atoms with Crippen molar-refractivity contribution in [2.24, 2.45) is 11.8 Å². The second kappa shape index (κ2) is 9.73.